The van der Waals surface area contributed by atoms with Gasteiger partial charge in [0.05, 0.1) is 10.7 Å². The second-order valence-corrected chi connectivity index (χ2v) is 6.50. The Kier molecular flexibility index (Phi) is 4.47. The van der Waals surface area contributed by atoms with Gasteiger partial charge in [-0.25, -0.2) is 4.98 Å². The van der Waals surface area contributed by atoms with Gasteiger partial charge >= 0.3 is 0 Å². The van der Waals surface area contributed by atoms with Crippen molar-refractivity contribution in [3.8, 4) is 0 Å². The quantitative estimate of drug-likeness (QED) is 0.899. The largest absolute Gasteiger partial charge is 0.357 e. The Labute approximate surface area is 126 Å². The maximum Gasteiger partial charge on any atom is 0.128 e. The maximum absolute atomic E-state index is 6.26. The number of hydrogen-bond donors (Lipinski definition) is 1. The number of hydrogen-bond acceptors (Lipinski definition) is 3. The summed E-state index contributed by atoms with van der Waals surface area (Å²) in [6.07, 6.45) is 6.47. The van der Waals surface area contributed by atoms with E-state index >= 15 is 0 Å². The minimum absolute atomic E-state index is 0.692. The summed E-state index contributed by atoms with van der Waals surface area (Å²) in [4.78, 5) is 7.18. The SMILES string of the molecule is CCC1CCN(c2ccc(Cl)c(CNC3CC3)n2)CC1. The lowest BCUT2D eigenvalue weighted by molar-refractivity contribution is 0.393. The van der Waals surface area contributed by atoms with Crippen LogP contribution in [0.5, 0.6) is 0 Å². The Bertz CT molecular complexity index is 451. The van der Waals surface area contributed by atoms with Crippen molar-refractivity contribution in [2.24, 2.45) is 5.92 Å². The van der Waals surface area contributed by atoms with Crippen LogP contribution < -0.4 is 10.2 Å². The van der Waals surface area contributed by atoms with Crippen molar-refractivity contribution < 1.29 is 0 Å². The molecule has 3 nitrogen and oxygen atoms in total. The van der Waals surface area contributed by atoms with Crippen molar-refractivity contribution in [1.82, 2.24) is 10.3 Å². The molecule has 1 saturated heterocycles. The van der Waals surface area contributed by atoms with Gasteiger partial charge in [0.25, 0.3) is 0 Å². The van der Waals surface area contributed by atoms with Crippen LogP contribution in [-0.2, 0) is 6.54 Å². The molecular weight excluding hydrogens is 270 g/mol. The third-order valence-corrected chi connectivity index (χ3v) is 4.90. The van der Waals surface area contributed by atoms with Gasteiger partial charge in [0.15, 0.2) is 0 Å². The van der Waals surface area contributed by atoms with E-state index in [0.29, 0.717) is 6.04 Å². The molecule has 1 aliphatic heterocycles. The highest BCUT2D eigenvalue weighted by Crippen LogP contribution is 2.26. The molecule has 1 aromatic heterocycles. The van der Waals surface area contributed by atoms with E-state index in [9.17, 15) is 0 Å². The first-order chi connectivity index (χ1) is 9.76. The van der Waals surface area contributed by atoms with Crippen LogP contribution in [0.25, 0.3) is 0 Å². The highest BCUT2D eigenvalue weighted by molar-refractivity contribution is 6.31. The predicted molar refractivity (Wildman–Crippen MR) is 84.3 cm³/mol. The van der Waals surface area contributed by atoms with Crippen LogP contribution in [0.4, 0.5) is 5.82 Å². The second kappa shape index (κ2) is 6.31. The van der Waals surface area contributed by atoms with Gasteiger partial charge in [-0.3, -0.25) is 0 Å². The number of nitrogens with one attached hydrogen (secondary N) is 1. The number of anilines is 1. The highest BCUT2D eigenvalue weighted by Gasteiger charge is 2.22. The summed E-state index contributed by atoms with van der Waals surface area (Å²) in [6.45, 7) is 5.34. The first-order valence-electron chi connectivity index (χ1n) is 7.90. The average molecular weight is 294 g/mol. The molecule has 0 bridgehead atoms. The van der Waals surface area contributed by atoms with Gasteiger partial charge in [0, 0.05) is 25.7 Å². The molecule has 0 atom stereocenters. The van der Waals surface area contributed by atoms with E-state index in [1.54, 1.807) is 0 Å². The van der Waals surface area contributed by atoms with Gasteiger partial charge in [0.2, 0.25) is 0 Å². The van der Waals surface area contributed by atoms with Crippen molar-refractivity contribution in [2.45, 2.75) is 51.6 Å². The fourth-order valence-electron chi connectivity index (χ4n) is 2.87. The summed E-state index contributed by atoms with van der Waals surface area (Å²) in [5, 5.41) is 4.28. The van der Waals surface area contributed by atoms with Crippen LogP contribution in [0, 0.1) is 5.92 Å². The third kappa shape index (κ3) is 3.44. The van der Waals surface area contributed by atoms with Gasteiger partial charge in [-0.05, 0) is 43.7 Å². The van der Waals surface area contributed by atoms with E-state index < -0.39 is 0 Å². The first kappa shape index (κ1) is 14.2. The number of pyridine rings is 1. The summed E-state index contributed by atoms with van der Waals surface area (Å²) < 4.78 is 0. The zero-order valence-corrected chi connectivity index (χ0v) is 13.0. The summed E-state index contributed by atoms with van der Waals surface area (Å²) in [7, 11) is 0. The molecule has 2 aliphatic rings. The fourth-order valence-corrected chi connectivity index (χ4v) is 3.04. The lowest BCUT2D eigenvalue weighted by Crippen LogP contribution is -2.34. The molecule has 1 aliphatic carbocycles. The average Bonchev–Trinajstić information content (AvgIpc) is 3.31. The molecule has 0 aromatic carbocycles. The molecule has 2 fully saturated rings. The minimum atomic E-state index is 0.692. The normalized spacial score (nSPS) is 20.4. The van der Waals surface area contributed by atoms with Gasteiger partial charge in [-0.1, -0.05) is 24.9 Å². The lowest BCUT2D eigenvalue weighted by atomic mass is 9.94. The smallest absolute Gasteiger partial charge is 0.128 e. The van der Waals surface area contributed by atoms with Crippen LogP contribution in [0.2, 0.25) is 5.02 Å². The first-order valence-corrected chi connectivity index (χ1v) is 8.28. The third-order valence-electron chi connectivity index (χ3n) is 4.56. The van der Waals surface area contributed by atoms with Gasteiger partial charge in [-0.15, -0.1) is 0 Å². The zero-order chi connectivity index (χ0) is 13.9. The summed E-state index contributed by atoms with van der Waals surface area (Å²) in [5.74, 6) is 1.99. The molecule has 2 heterocycles. The zero-order valence-electron chi connectivity index (χ0n) is 12.2. The monoisotopic (exact) mass is 293 g/mol. The van der Waals surface area contributed by atoms with Crippen molar-refractivity contribution >= 4 is 17.4 Å². The van der Waals surface area contributed by atoms with Crippen molar-refractivity contribution in [3.05, 3.63) is 22.8 Å². The van der Waals surface area contributed by atoms with Crippen molar-refractivity contribution in [3.63, 3.8) is 0 Å². The Balaban J connectivity index is 1.65. The molecule has 1 saturated carbocycles. The number of piperidine rings is 1. The van der Waals surface area contributed by atoms with E-state index in [-0.39, 0.29) is 0 Å². The van der Waals surface area contributed by atoms with E-state index in [1.807, 2.05) is 6.07 Å². The number of nitrogens with zero attached hydrogens (tertiary/aromatic N) is 2. The number of halogens is 1. The van der Waals surface area contributed by atoms with E-state index in [4.69, 9.17) is 16.6 Å². The molecule has 1 N–H and O–H groups in total. The van der Waals surface area contributed by atoms with E-state index in [0.717, 1.165) is 42.1 Å². The van der Waals surface area contributed by atoms with Crippen LogP contribution in [0.3, 0.4) is 0 Å². The Morgan fingerprint density at radius 2 is 2.00 bits per heavy atom. The molecule has 110 valence electrons. The fraction of sp³-hybridized carbons (Fsp3) is 0.688. The van der Waals surface area contributed by atoms with Gasteiger partial charge < -0.3 is 10.2 Å². The standard InChI is InChI=1S/C16H24ClN3/c1-2-12-7-9-20(10-8-12)16-6-5-14(17)15(19-16)11-18-13-3-4-13/h5-6,12-13,18H,2-4,7-11H2,1H3. The molecule has 0 radical (unpaired) electrons. The Morgan fingerprint density at radius 1 is 1.25 bits per heavy atom. The number of rotatable bonds is 5. The predicted octanol–water partition coefficient (Wildman–Crippen LogP) is 3.61. The van der Waals surface area contributed by atoms with Crippen molar-refractivity contribution in [1.29, 1.82) is 0 Å². The second-order valence-electron chi connectivity index (χ2n) is 6.09. The van der Waals surface area contributed by atoms with Gasteiger partial charge in [-0.2, -0.15) is 0 Å². The highest BCUT2D eigenvalue weighted by atomic mass is 35.5. The maximum atomic E-state index is 6.26. The Morgan fingerprint density at radius 3 is 2.65 bits per heavy atom. The summed E-state index contributed by atoms with van der Waals surface area (Å²) >= 11 is 6.26. The molecule has 4 heteroatoms. The van der Waals surface area contributed by atoms with Crippen LogP contribution in [0.15, 0.2) is 12.1 Å². The summed E-state index contributed by atoms with van der Waals surface area (Å²) in [5.41, 5.74) is 0.994. The topological polar surface area (TPSA) is 28.2 Å². The molecule has 1 aromatic rings. The molecule has 0 spiro atoms. The molecule has 0 unspecified atom stereocenters. The molecule has 0 amide bonds. The van der Waals surface area contributed by atoms with Gasteiger partial charge in [0.1, 0.15) is 5.82 Å². The lowest BCUT2D eigenvalue weighted by Gasteiger charge is -2.32. The van der Waals surface area contributed by atoms with E-state index in [2.05, 4.69) is 23.2 Å². The van der Waals surface area contributed by atoms with Crippen LogP contribution in [-0.4, -0.2) is 24.1 Å². The van der Waals surface area contributed by atoms with Crippen LogP contribution in [0.1, 0.15) is 44.7 Å². The molecule has 20 heavy (non-hydrogen) atoms. The van der Waals surface area contributed by atoms with Crippen molar-refractivity contribution in [2.75, 3.05) is 18.0 Å². The minimum Gasteiger partial charge on any atom is -0.357 e. The number of aromatic nitrogens is 1. The molecular formula is C16H24ClN3. The summed E-state index contributed by atoms with van der Waals surface area (Å²) in [6, 6.07) is 4.76. The van der Waals surface area contributed by atoms with E-state index in [1.165, 1.54) is 32.1 Å². The Hall–Kier alpha value is -0.800. The van der Waals surface area contributed by atoms with Crippen LogP contribution >= 0.6 is 11.6 Å². The molecule has 3 rings (SSSR count).